The van der Waals surface area contributed by atoms with E-state index in [0.29, 0.717) is 0 Å². The van der Waals surface area contributed by atoms with E-state index in [1.54, 1.807) is 0 Å². The summed E-state index contributed by atoms with van der Waals surface area (Å²) in [5.41, 5.74) is 3.09. The number of hydrogen-bond acceptors (Lipinski definition) is 1. The van der Waals surface area contributed by atoms with Gasteiger partial charge in [0.1, 0.15) is 5.82 Å². The number of halogens is 3. The van der Waals surface area contributed by atoms with E-state index in [2.05, 4.69) is 67.4 Å². The molecule has 0 saturated carbocycles. The smallest absolute Gasteiger partial charge is 0.132 e. The molecule has 1 aromatic heterocycles. The van der Waals surface area contributed by atoms with Gasteiger partial charge in [0.05, 0.1) is 22.1 Å². The van der Waals surface area contributed by atoms with E-state index in [1.165, 1.54) is 3.57 Å². The highest BCUT2D eigenvalue weighted by atomic mass is 127. The predicted octanol–water partition coefficient (Wildman–Crippen LogP) is 5.69. The number of imidazole rings is 1. The topological polar surface area (TPSA) is 17.8 Å². The summed E-state index contributed by atoms with van der Waals surface area (Å²) in [6, 6.07) is 14.3. The quantitative estimate of drug-likeness (QED) is 0.354. The third-order valence-corrected chi connectivity index (χ3v) is 4.63. The number of hydrogen-bond donors (Lipinski definition) is 0. The van der Waals surface area contributed by atoms with Gasteiger partial charge in [-0.3, -0.25) is 4.57 Å². The highest BCUT2D eigenvalue weighted by Gasteiger charge is 2.17. The van der Waals surface area contributed by atoms with Crippen LogP contribution < -0.4 is 0 Å². The standard InChI is InChI=1S/C15H11BrClIN2/c1-9(17)15-19-12-8-10(18)6-7-14(12)20(15)13-5-3-2-4-11(13)16/h2-9H,1H3. The molecule has 0 amide bonds. The number of benzene rings is 2. The average Bonchev–Trinajstić information content (AvgIpc) is 2.78. The van der Waals surface area contributed by atoms with E-state index in [0.717, 1.165) is 27.0 Å². The molecule has 1 heterocycles. The molecule has 0 spiro atoms. The Balaban J connectivity index is 2.38. The van der Waals surface area contributed by atoms with Crippen molar-refractivity contribution in [1.82, 2.24) is 9.55 Å². The molecule has 3 aromatic rings. The lowest BCUT2D eigenvalue weighted by Gasteiger charge is -2.12. The number of fused-ring (bicyclic) bond motifs is 1. The lowest BCUT2D eigenvalue weighted by atomic mass is 10.2. The van der Waals surface area contributed by atoms with Gasteiger partial charge in [-0.1, -0.05) is 12.1 Å². The fourth-order valence-corrected chi connectivity index (χ4v) is 3.31. The molecule has 0 aliphatic carbocycles. The van der Waals surface area contributed by atoms with Gasteiger partial charge in [0.15, 0.2) is 0 Å². The molecular weight excluding hydrogens is 450 g/mol. The van der Waals surface area contributed by atoms with Crippen LogP contribution in [0.5, 0.6) is 0 Å². The Labute approximate surface area is 144 Å². The third kappa shape index (κ3) is 2.49. The molecule has 0 radical (unpaired) electrons. The highest BCUT2D eigenvalue weighted by molar-refractivity contribution is 14.1. The third-order valence-electron chi connectivity index (χ3n) is 3.09. The molecule has 2 aromatic carbocycles. The zero-order valence-electron chi connectivity index (χ0n) is 10.6. The summed E-state index contributed by atoms with van der Waals surface area (Å²) in [7, 11) is 0. The SMILES string of the molecule is CC(Cl)c1nc2cc(I)ccc2n1-c1ccccc1Br. The summed E-state index contributed by atoms with van der Waals surface area (Å²) in [6.45, 7) is 1.95. The van der Waals surface area contributed by atoms with Crippen LogP contribution in [0.15, 0.2) is 46.9 Å². The summed E-state index contributed by atoms with van der Waals surface area (Å²) in [4.78, 5) is 4.70. The van der Waals surface area contributed by atoms with Crippen molar-refractivity contribution < 1.29 is 0 Å². The van der Waals surface area contributed by atoms with Crippen molar-refractivity contribution in [3.8, 4) is 5.69 Å². The van der Waals surface area contributed by atoms with Crippen LogP contribution in [0.25, 0.3) is 16.7 Å². The zero-order chi connectivity index (χ0) is 14.3. The molecule has 0 aliphatic rings. The predicted molar refractivity (Wildman–Crippen MR) is 95.8 cm³/mol. The van der Waals surface area contributed by atoms with Crippen molar-refractivity contribution in [3.05, 3.63) is 56.3 Å². The number of alkyl halides is 1. The van der Waals surface area contributed by atoms with Gasteiger partial charge in [0, 0.05) is 8.04 Å². The van der Waals surface area contributed by atoms with Gasteiger partial charge in [0.25, 0.3) is 0 Å². The van der Waals surface area contributed by atoms with Crippen LogP contribution in [0.2, 0.25) is 0 Å². The van der Waals surface area contributed by atoms with Crippen LogP contribution in [0.3, 0.4) is 0 Å². The van der Waals surface area contributed by atoms with Crippen molar-refractivity contribution in [2.75, 3.05) is 0 Å². The van der Waals surface area contributed by atoms with Gasteiger partial charge in [-0.2, -0.15) is 0 Å². The molecule has 0 bridgehead atoms. The lowest BCUT2D eigenvalue weighted by molar-refractivity contribution is 0.880. The normalized spacial score (nSPS) is 12.8. The van der Waals surface area contributed by atoms with Crippen LogP contribution >= 0.6 is 50.1 Å². The molecule has 5 heteroatoms. The van der Waals surface area contributed by atoms with E-state index in [-0.39, 0.29) is 5.38 Å². The maximum atomic E-state index is 6.32. The molecule has 0 N–H and O–H groups in total. The van der Waals surface area contributed by atoms with E-state index < -0.39 is 0 Å². The Bertz CT molecular complexity index is 783. The van der Waals surface area contributed by atoms with Gasteiger partial charge in [-0.15, -0.1) is 11.6 Å². The monoisotopic (exact) mass is 460 g/mol. The molecule has 0 aliphatic heterocycles. The van der Waals surface area contributed by atoms with Crippen molar-refractivity contribution in [1.29, 1.82) is 0 Å². The first-order valence-electron chi connectivity index (χ1n) is 6.15. The second kappa shape index (κ2) is 5.66. The van der Waals surface area contributed by atoms with Crippen LogP contribution in [0.1, 0.15) is 18.1 Å². The lowest BCUT2D eigenvalue weighted by Crippen LogP contribution is -2.02. The van der Waals surface area contributed by atoms with Crippen molar-refractivity contribution in [2.45, 2.75) is 12.3 Å². The Morgan fingerprint density at radius 1 is 1.25 bits per heavy atom. The maximum Gasteiger partial charge on any atom is 0.132 e. The average molecular weight is 462 g/mol. The number of nitrogens with zero attached hydrogens (tertiary/aromatic N) is 2. The first kappa shape index (κ1) is 14.4. The molecule has 3 rings (SSSR count). The van der Waals surface area contributed by atoms with Gasteiger partial charge in [-0.05, 0) is 75.8 Å². The van der Waals surface area contributed by atoms with E-state index in [9.17, 15) is 0 Å². The van der Waals surface area contributed by atoms with Crippen molar-refractivity contribution in [2.24, 2.45) is 0 Å². The van der Waals surface area contributed by atoms with E-state index in [1.807, 2.05) is 25.1 Å². The van der Waals surface area contributed by atoms with Crippen LogP contribution in [-0.4, -0.2) is 9.55 Å². The molecular formula is C15H11BrClIN2. The summed E-state index contributed by atoms with van der Waals surface area (Å²) in [5, 5.41) is -0.160. The molecule has 102 valence electrons. The molecule has 0 fully saturated rings. The van der Waals surface area contributed by atoms with Crippen LogP contribution in [0.4, 0.5) is 0 Å². The summed E-state index contributed by atoms with van der Waals surface area (Å²) < 4.78 is 4.31. The minimum atomic E-state index is -0.160. The fourth-order valence-electron chi connectivity index (χ4n) is 2.23. The Morgan fingerprint density at radius 2 is 2.00 bits per heavy atom. The van der Waals surface area contributed by atoms with Gasteiger partial charge in [-0.25, -0.2) is 4.98 Å². The maximum absolute atomic E-state index is 6.32. The van der Waals surface area contributed by atoms with Crippen LogP contribution in [-0.2, 0) is 0 Å². The molecule has 20 heavy (non-hydrogen) atoms. The summed E-state index contributed by atoms with van der Waals surface area (Å²) in [5.74, 6) is 0.857. The van der Waals surface area contributed by atoms with E-state index >= 15 is 0 Å². The number of para-hydroxylation sites is 1. The second-order valence-electron chi connectivity index (χ2n) is 4.51. The first-order chi connectivity index (χ1) is 9.58. The molecule has 1 atom stereocenters. The highest BCUT2D eigenvalue weighted by Crippen LogP contribution is 2.31. The van der Waals surface area contributed by atoms with Crippen molar-refractivity contribution in [3.63, 3.8) is 0 Å². The van der Waals surface area contributed by atoms with Gasteiger partial charge in [0.2, 0.25) is 0 Å². The van der Waals surface area contributed by atoms with Crippen molar-refractivity contribution >= 4 is 61.2 Å². The summed E-state index contributed by atoms with van der Waals surface area (Å²) in [6.07, 6.45) is 0. The van der Waals surface area contributed by atoms with E-state index in [4.69, 9.17) is 16.6 Å². The van der Waals surface area contributed by atoms with Gasteiger partial charge >= 0.3 is 0 Å². The minimum absolute atomic E-state index is 0.160. The molecule has 0 saturated heterocycles. The minimum Gasteiger partial charge on any atom is -0.294 e. The Morgan fingerprint density at radius 3 is 2.70 bits per heavy atom. The van der Waals surface area contributed by atoms with Crippen LogP contribution in [0, 0.1) is 3.57 Å². The number of aromatic nitrogens is 2. The largest absolute Gasteiger partial charge is 0.294 e. The first-order valence-corrected chi connectivity index (χ1v) is 8.45. The number of rotatable bonds is 2. The summed E-state index contributed by atoms with van der Waals surface area (Å²) >= 11 is 12.2. The molecule has 2 nitrogen and oxygen atoms in total. The zero-order valence-corrected chi connectivity index (χ0v) is 15.1. The Hall–Kier alpha value is -0.590. The van der Waals surface area contributed by atoms with Gasteiger partial charge < -0.3 is 0 Å². The molecule has 1 unspecified atom stereocenters. The second-order valence-corrected chi connectivity index (χ2v) is 7.26. The Kier molecular flexibility index (Phi) is 4.06. The fraction of sp³-hybridized carbons (Fsp3) is 0.133.